The predicted molar refractivity (Wildman–Crippen MR) is 40.5 cm³/mol. The maximum absolute atomic E-state index is 12.0. The molecule has 0 saturated carbocycles. The van der Waals surface area contributed by atoms with E-state index in [-0.39, 0.29) is 18.9 Å². The molecule has 0 aromatic carbocycles. The van der Waals surface area contributed by atoms with Gasteiger partial charge < -0.3 is 0 Å². The zero-order valence-electron chi connectivity index (χ0n) is 4.78. The number of halogens is 2. The van der Waals surface area contributed by atoms with Crippen molar-refractivity contribution in [3.8, 4) is 0 Å². The van der Waals surface area contributed by atoms with Gasteiger partial charge in [-0.3, -0.25) is 5.41 Å². The third kappa shape index (κ3) is 3.18. The summed E-state index contributed by atoms with van der Waals surface area (Å²) >= 11 is 0. The topological polar surface area (TPSA) is 92.1 Å². The summed E-state index contributed by atoms with van der Waals surface area (Å²) in [4.78, 5) is 0. The van der Waals surface area contributed by atoms with Crippen LogP contribution in [0.15, 0.2) is 0 Å². The van der Waals surface area contributed by atoms with Crippen LogP contribution in [-0.2, 0) is 21.4 Å². The third-order valence-corrected chi connectivity index (χ3v) is 2.20. The first-order chi connectivity index (χ1) is 4.80. The zero-order valence-corrected chi connectivity index (χ0v) is 6.57. The van der Waals surface area contributed by atoms with Crippen LogP contribution in [0.25, 0.3) is 0 Å². The van der Waals surface area contributed by atoms with Gasteiger partial charge in [-0.2, -0.15) is 8.78 Å². The van der Waals surface area contributed by atoms with Gasteiger partial charge in [-0.15, -0.1) is 0 Å². The number of hydrogen-bond acceptors (Lipinski definition) is 5. The summed E-state index contributed by atoms with van der Waals surface area (Å²) in [5, 5.41) is -0.540. The molecule has 0 amide bonds. The Labute approximate surface area is 81.7 Å². The fourth-order valence-electron chi connectivity index (χ4n) is 0.196. The molecular weight excluding hydrogens is 211 g/mol. The monoisotopic (exact) mass is 215 g/mol. The summed E-state index contributed by atoms with van der Waals surface area (Å²) in [6.45, 7) is 0. The van der Waals surface area contributed by atoms with Crippen LogP contribution in [0.3, 0.4) is 0 Å². The van der Waals surface area contributed by atoms with E-state index >= 15 is 0 Å². The van der Waals surface area contributed by atoms with Crippen LogP contribution in [0, 0.1) is 5.41 Å². The van der Waals surface area contributed by atoms with E-state index in [2.05, 4.69) is 0 Å². The molecule has 0 spiro atoms. The van der Waals surface area contributed by atoms with E-state index in [0.717, 1.165) is 0 Å². The summed E-state index contributed by atoms with van der Waals surface area (Å²) in [6.07, 6.45) is 0. The summed E-state index contributed by atoms with van der Waals surface area (Å²) in [5.41, 5.74) is 0. The molecule has 0 aliphatic rings. The van der Waals surface area contributed by atoms with Gasteiger partial charge in [0.25, 0.3) is 0 Å². The molecule has 0 unspecified atom stereocenters. The van der Waals surface area contributed by atoms with E-state index < -0.39 is 31.7 Å². The molecule has 0 rings (SSSR count). The second-order valence-electron chi connectivity index (χ2n) is 1.40. The van der Waals surface area contributed by atoms with Crippen molar-refractivity contribution in [2.75, 3.05) is 0 Å². The van der Waals surface area contributed by atoms with E-state index in [1.54, 1.807) is 0 Å². The number of thiol groups is 2. The Morgan fingerprint density at radius 1 is 1.17 bits per heavy atom. The standard InChI is InChI=1S/C2H3F2NO4S2.Li.H/c3-2(4,11(8)9)1(5)10(6)7;;/h5,10-11H;;. The average Bonchev–Trinajstić information content (AvgIpc) is 1.85. The minimum absolute atomic E-state index is 0. The third-order valence-electron chi connectivity index (χ3n) is 0.697. The Kier molecular flexibility index (Phi) is 5.95. The van der Waals surface area contributed by atoms with Crippen molar-refractivity contribution >= 4 is 45.3 Å². The maximum atomic E-state index is 12.0. The van der Waals surface area contributed by atoms with Gasteiger partial charge in [0.1, 0.15) is 0 Å². The fourth-order valence-corrected chi connectivity index (χ4v) is 1.08. The van der Waals surface area contributed by atoms with Crippen LogP contribution in [0.2, 0.25) is 0 Å². The number of hydrogen-bond donors (Lipinski definition) is 3. The molecule has 68 valence electrons. The second-order valence-corrected chi connectivity index (χ2v) is 3.44. The minimum atomic E-state index is -4.58. The van der Waals surface area contributed by atoms with Gasteiger partial charge in [-0.1, -0.05) is 0 Å². The molecule has 0 fully saturated rings. The van der Waals surface area contributed by atoms with E-state index in [9.17, 15) is 25.6 Å². The Bertz CT molecular complexity index is 305. The first-order valence-electron chi connectivity index (χ1n) is 2.06. The number of rotatable bonds is 2. The second kappa shape index (κ2) is 4.91. The van der Waals surface area contributed by atoms with Crippen molar-refractivity contribution < 1.29 is 25.6 Å². The Morgan fingerprint density at radius 3 is 1.58 bits per heavy atom. The van der Waals surface area contributed by atoms with E-state index in [4.69, 9.17) is 5.41 Å². The number of nitrogens with one attached hydrogen (secondary N) is 1. The Hall–Kier alpha value is 0.0274. The van der Waals surface area contributed by atoms with Gasteiger partial charge in [0.2, 0.25) is 15.7 Å². The molecule has 0 saturated heterocycles. The molecule has 5 nitrogen and oxygen atoms in total. The van der Waals surface area contributed by atoms with E-state index in [0.29, 0.717) is 0 Å². The van der Waals surface area contributed by atoms with Crippen LogP contribution in [0.4, 0.5) is 8.78 Å². The molecule has 10 heteroatoms. The van der Waals surface area contributed by atoms with Crippen molar-refractivity contribution in [3.05, 3.63) is 0 Å². The molecule has 0 heterocycles. The van der Waals surface area contributed by atoms with Gasteiger partial charge in [0.15, 0.2) is 10.7 Å². The van der Waals surface area contributed by atoms with E-state index in [1.807, 2.05) is 0 Å². The average molecular weight is 215 g/mol. The molecule has 0 atom stereocenters. The van der Waals surface area contributed by atoms with Crippen molar-refractivity contribution in [1.29, 1.82) is 5.41 Å². The SMILES string of the molecule is N=C([SH](=O)=O)C(F)(F)[SH](=O)=O.[LiH]. The molecular formula is C2H4F2LiNO4S2. The first-order valence-corrected chi connectivity index (χ1v) is 4.41. The van der Waals surface area contributed by atoms with Crippen LogP contribution < -0.4 is 0 Å². The van der Waals surface area contributed by atoms with Crippen molar-refractivity contribution in [2.45, 2.75) is 5.25 Å². The van der Waals surface area contributed by atoms with Gasteiger partial charge in [-0.25, -0.2) is 16.8 Å². The van der Waals surface area contributed by atoms with Gasteiger partial charge in [0, 0.05) is 0 Å². The predicted octanol–water partition coefficient (Wildman–Crippen LogP) is -1.87. The van der Waals surface area contributed by atoms with Gasteiger partial charge >= 0.3 is 24.1 Å². The summed E-state index contributed by atoms with van der Waals surface area (Å²) in [7, 11) is -8.09. The molecule has 0 bridgehead atoms. The summed E-state index contributed by atoms with van der Waals surface area (Å²) in [5.74, 6) is 0. The molecule has 0 aliphatic carbocycles. The zero-order chi connectivity index (χ0) is 9.23. The molecule has 1 N–H and O–H groups in total. The molecule has 0 aromatic rings. The van der Waals surface area contributed by atoms with Crippen LogP contribution >= 0.6 is 0 Å². The van der Waals surface area contributed by atoms with Crippen LogP contribution in [-0.4, -0.2) is 46.0 Å². The quantitative estimate of drug-likeness (QED) is 0.218. The van der Waals surface area contributed by atoms with Crippen LogP contribution in [0.5, 0.6) is 0 Å². The molecule has 0 aromatic heterocycles. The Balaban J connectivity index is 0. The molecule has 0 radical (unpaired) electrons. The normalized spacial score (nSPS) is 11.3. The fraction of sp³-hybridized carbons (Fsp3) is 0.500. The van der Waals surface area contributed by atoms with Gasteiger partial charge in [0.05, 0.1) is 0 Å². The van der Waals surface area contributed by atoms with Crippen LogP contribution in [0.1, 0.15) is 0 Å². The summed E-state index contributed by atoms with van der Waals surface area (Å²) < 4.78 is 62.7. The summed E-state index contributed by atoms with van der Waals surface area (Å²) in [6, 6.07) is 0. The number of alkyl halides is 2. The van der Waals surface area contributed by atoms with Crippen molar-refractivity contribution in [3.63, 3.8) is 0 Å². The first kappa shape index (κ1) is 14.5. The van der Waals surface area contributed by atoms with Crippen molar-refractivity contribution in [1.82, 2.24) is 0 Å². The van der Waals surface area contributed by atoms with Crippen molar-refractivity contribution in [2.24, 2.45) is 0 Å². The van der Waals surface area contributed by atoms with Gasteiger partial charge in [-0.05, 0) is 0 Å². The molecule has 12 heavy (non-hydrogen) atoms. The Morgan fingerprint density at radius 2 is 1.50 bits per heavy atom. The molecule has 0 aliphatic heterocycles. The van der Waals surface area contributed by atoms with E-state index in [1.165, 1.54) is 0 Å².